The summed E-state index contributed by atoms with van der Waals surface area (Å²) in [5.74, 6) is -0.355. The van der Waals surface area contributed by atoms with Crippen LogP contribution < -0.4 is 14.8 Å². The van der Waals surface area contributed by atoms with Crippen molar-refractivity contribution in [1.82, 2.24) is 15.1 Å². The van der Waals surface area contributed by atoms with Gasteiger partial charge in [-0.25, -0.2) is 9.48 Å². The lowest BCUT2D eigenvalue weighted by Crippen LogP contribution is -2.26. The standard InChI is InChI=1S/C24H32N4O5S/c1-7-26-19(13-15(3)25)24(30)33-23-18(14-27-28(23)8-2)21(29)17-9-10-20(34-6)22(16(17)4)32-12-11-31-5/h9-10,13-14,25-26H,7-8,11-12H2,1-6H3/b19-13-,25-15?. The zero-order chi connectivity index (χ0) is 25.3. The monoisotopic (exact) mass is 488 g/mol. The summed E-state index contributed by atoms with van der Waals surface area (Å²) in [6, 6.07) is 3.58. The Kier molecular flexibility index (Phi) is 10.3. The molecule has 0 spiro atoms. The van der Waals surface area contributed by atoms with E-state index >= 15 is 0 Å². The molecule has 0 saturated heterocycles. The molecule has 1 aromatic carbocycles. The van der Waals surface area contributed by atoms with E-state index in [0.29, 0.717) is 43.2 Å². The van der Waals surface area contributed by atoms with E-state index in [0.717, 1.165) is 4.90 Å². The Bertz CT molecular complexity index is 1080. The molecule has 10 heteroatoms. The third-order valence-corrected chi connectivity index (χ3v) is 5.60. The van der Waals surface area contributed by atoms with E-state index in [-0.39, 0.29) is 28.6 Å². The van der Waals surface area contributed by atoms with Crippen LogP contribution in [0.2, 0.25) is 0 Å². The largest absolute Gasteiger partial charge is 0.490 e. The summed E-state index contributed by atoms with van der Waals surface area (Å²) in [5.41, 5.74) is 1.60. The average molecular weight is 489 g/mol. The van der Waals surface area contributed by atoms with Gasteiger partial charge in [-0.15, -0.1) is 11.8 Å². The molecule has 0 fully saturated rings. The Morgan fingerprint density at radius 1 is 1.24 bits per heavy atom. The summed E-state index contributed by atoms with van der Waals surface area (Å²) < 4.78 is 18.0. The van der Waals surface area contributed by atoms with E-state index in [4.69, 9.17) is 19.6 Å². The number of ketones is 1. The summed E-state index contributed by atoms with van der Waals surface area (Å²) in [7, 11) is 1.60. The maximum atomic E-state index is 13.6. The first-order chi connectivity index (χ1) is 16.3. The number of thioether (sulfide) groups is 1. The van der Waals surface area contributed by atoms with Gasteiger partial charge in [0.1, 0.15) is 23.6 Å². The second kappa shape index (κ2) is 13.0. The lowest BCUT2D eigenvalue weighted by atomic mass is 10.00. The highest BCUT2D eigenvalue weighted by Gasteiger charge is 2.26. The molecule has 0 radical (unpaired) electrons. The van der Waals surface area contributed by atoms with Gasteiger partial charge < -0.3 is 24.9 Å². The van der Waals surface area contributed by atoms with Gasteiger partial charge in [0.25, 0.3) is 0 Å². The molecule has 1 aromatic heterocycles. The third-order valence-electron chi connectivity index (χ3n) is 4.84. The predicted molar refractivity (Wildman–Crippen MR) is 132 cm³/mol. The highest BCUT2D eigenvalue weighted by molar-refractivity contribution is 7.98. The molecule has 2 N–H and O–H groups in total. The summed E-state index contributed by atoms with van der Waals surface area (Å²) in [5, 5.41) is 14.8. The third kappa shape index (κ3) is 6.48. The highest BCUT2D eigenvalue weighted by Crippen LogP contribution is 2.35. The molecule has 0 atom stereocenters. The SMILES string of the molecule is CCN/C(=C\C(C)=N)C(=O)Oc1c(C(=O)c2ccc(SC)c(OCCOC)c2C)cnn1CC. The van der Waals surface area contributed by atoms with Crippen LogP contribution in [-0.2, 0) is 16.1 Å². The number of methoxy groups -OCH3 is 1. The number of nitrogens with zero attached hydrogens (tertiary/aromatic N) is 2. The summed E-state index contributed by atoms with van der Waals surface area (Å²) in [6.07, 6.45) is 4.73. The second-order valence-electron chi connectivity index (χ2n) is 7.28. The Hall–Kier alpha value is -3.11. The first-order valence-electron chi connectivity index (χ1n) is 10.9. The second-order valence-corrected chi connectivity index (χ2v) is 8.13. The van der Waals surface area contributed by atoms with Crippen molar-refractivity contribution in [1.29, 1.82) is 5.41 Å². The number of ether oxygens (including phenoxy) is 3. The van der Waals surface area contributed by atoms with Gasteiger partial charge in [0.05, 0.1) is 12.8 Å². The fourth-order valence-corrected chi connectivity index (χ4v) is 3.82. The van der Waals surface area contributed by atoms with Gasteiger partial charge >= 0.3 is 5.97 Å². The predicted octanol–water partition coefficient (Wildman–Crippen LogP) is 3.63. The quantitative estimate of drug-likeness (QED) is 0.110. The van der Waals surface area contributed by atoms with Crippen LogP contribution in [0.4, 0.5) is 0 Å². The van der Waals surface area contributed by atoms with Crippen LogP contribution in [-0.4, -0.2) is 60.4 Å². The first kappa shape index (κ1) is 27.1. The lowest BCUT2D eigenvalue weighted by Gasteiger charge is -2.16. The maximum Gasteiger partial charge on any atom is 0.361 e. The molecule has 0 aliphatic heterocycles. The van der Waals surface area contributed by atoms with E-state index in [9.17, 15) is 9.59 Å². The van der Waals surface area contributed by atoms with E-state index in [1.807, 2.05) is 33.1 Å². The van der Waals surface area contributed by atoms with Crippen LogP contribution in [0.3, 0.4) is 0 Å². The van der Waals surface area contributed by atoms with E-state index < -0.39 is 5.97 Å². The lowest BCUT2D eigenvalue weighted by molar-refractivity contribution is -0.131. The minimum atomic E-state index is -0.698. The van der Waals surface area contributed by atoms with Gasteiger partial charge in [-0.1, -0.05) is 0 Å². The van der Waals surface area contributed by atoms with Gasteiger partial charge in [0.15, 0.2) is 0 Å². The van der Waals surface area contributed by atoms with Crippen LogP contribution in [0.15, 0.2) is 35.0 Å². The molecule has 0 aliphatic rings. The van der Waals surface area contributed by atoms with Gasteiger partial charge in [0.2, 0.25) is 11.7 Å². The van der Waals surface area contributed by atoms with E-state index in [2.05, 4.69) is 10.4 Å². The highest BCUT2D eigenvalue weighted by atomic mass is 32.2. The summed E-state index contributed by atoms with van der Waals surface area (Å²) in [4.78, 5) is 27.3. The van der Waals surface area contributed by atoms with Crippen molar-refractivity contribution in [3.63, 3.8) is 0 Å². The van der Waals surface area contributed by atoms with Crippen molar-refractivity contribution in [3.8, 4) is 11.6 Å². The zero-order valence-corrected chi connectivity index (χ0v) is 21.3. The maximum absolute atomic E-state index is 13.6. The number of carbonyl (C=O) groups excluding carboxylic acids is 2. The number of aryl methyl sites for hydroxylation is 1. The van der Waals surface area contributed by atoms with Crippen LogP contribution in [0.25, 0.3) is 0 Å². The minimum absolute atomic E-state index is 0.0548. The van der Waals surface area contributed by atoms with Crippen molar-refractivity contribution in [3.05, 3.63) is 46.8 Å². The van der Waals surface area contributed by atoms with E-state index in [1.54, 1.807) is 20.1 Å². The number of likely N-dealkylation sites (N-methyl/N-ethyl adjacent to an activating group) is 1. The molecule has 0 unspecified atom stereocenters. The Balaban J connectivity index is 2.47. The Labute approximate surface area is 204 Å². The fraction of sp³-hybridized carbons (Fsp3) is 0.417. The molecule has 184 valence electrons. The minimum Gasteiger partial charge on any atom is -0.490 e. The van der Waals surface area contributed by atoms with Crippen molar-refractivity contribution in [2.24, 2.45) is 0 Å². The van der Waals surface area contributed by atoms with Gasteiger partial charge in [-0.05, 0) is 52.2 Å². The number of carbonyl (C=O) groups is 2. The summed E-state index contributed by atoms with van der Waals surface area (Å²) >= 11 is 1.52. The van der Waals surface area contributed by atoms with Crippen molar-refractivity contribution < 1.29 is 23.8 Å². The van der Waals surface area contributed by atoms with Crippen molar-refractivity contribution in [2.45, 2.75) is 39.1 Å². The number of nitrogens with one attached hydrogen (secondary N) is 2. The molecule has 0 saturated carbocycles. The molecule has 0 aliphatic carbocycles. The topological polar surface area (TPSA) is 116 Å². The van der Waals surface area contributed by atoms with Crippen LogP contribution in [0.1, 0.15) is 42.3 Å². The fourth-order valence-electron chi connectivity index (χ4n) is 3.22. The number of allylic oxidation sites excluding steroid dienone is 1. The summed E-state index contributed by atoms with van der Waals surface area (Å²) in [6.45, 7) is 8.69. The Morgan fingerprint density at radius 2 is 1.97 bits per heavy atom. The zero-order valence-electron chi connectivity index (χ0n) is 20.5. The molecule has 9 nitrogen and oxygen atoms in total. The van der Waals surface area contributed by atoms with Gasteiger partial charge in [0, 0.05) is 41.9 Å². The first-order valence-corrected chi connectivity index (χ1v) is 12.1. The van der Waals surface area contributed by atoms with Gasteiger partial charge in [-0.3, -0.25) is 4.79 Å². The van der Waals surface area contributed by atoms with Crippen LogP contribution in [0.5, 0.6) is 11.6 Å². The number of aromatic nitrogens is 2. The molecule has 0 bridgehead atoms. The average Bonchev–Trinajstić information content (AvgIpc) is 3.21. The van der Waals surface area contributed by atoms with Crippen molar-refractivity contribution >= 4 is 29.2 Å². The molecular weight excluding hydrogens is 456 g/mol. The molecule has 2 rings (SSSR count). The molecule has 34 heavy (non-hydrogen) atoms. The molecule has 2 aromatic rings. The number of benzene rings is 1. The number of esters is 1. The number of rotatable bonds is 13. The van der Waals surface area contributed by atoms with Crippen LogP contribution in [0, 0.1) is 12.3 Å². The molecular formula is C24H32N4O5S. The van der Waals surface area contributed by atoms with E-state index in [1.165, 1.54) is 28.7 Å². The normalized spacial score (nSPS) is 11.3. The molecule has 1 heterocycles. The Morgan fingerprint density at radius 3 is 2.56 bits per heavy atom. The van der Waals surface area contributed by atoms with Gasteiger partial charge in [-0.2, -0.15) is 5.10 Å². The number of hydrogen-bond donors (Lipinski definition) is 2. The van der Waals surface area contributed by atoms with Crippen molar-refractivity contribution in [2.75, 3.05) is 33.1 Å². The smallest absolute Gasteiger partial charge is 0.361 e. The van der Waals surface area contributed by atoms with Crippen LogP contribution >= 0.6 is 11.8 Å². The number of hydrogen-bond acceptors (Lipinski definition) is 9. The molecule has 0 amide bonds.